The lowest BCUT2D eigenvalue weighted by Gasteiger charge is -2.20. The number of nitrogens with two attached hydrogens (primary N) is 1. The number of alkyl halides is 3. The number of ether oxygens (including phenoxy) is 1. The molecule has 0 aliphatic carbocycles. The van der Waals surface area contributed by atoms with Gasteiger partial charge in [-0.3, -0.25) is 4.98 Å². The van der Waals surface area contributed by atoms with E-state index in [2.05, 4.69) is 4.98 Å². The fourth-order valence-electron chi connectivity index (χ4n) is 2.03. The zero-order valence-electron chi connectivity index (χ0n) is 11.2. The van der Waals surface area contributed by atoms with Crippen LogP contribution >= 0.6 is 0 Å². The van der Waals surface area contributed by atoms with E-state index in [-0.39, 0.29) is 18.7 Å². The summed E-state index contributed by atoms with van der Waals surface area (Å²) >= 11 is 0. The van der Waals surface area contributed by atoms with E-state index in [0.717, 1.165) is 6.07 Å². The van der Waals surface area contributed by atoms with Crippen LogP contribution in [-0.2, 0) is 6.18 Å². The van der Waals surface area contributed by atoms with Gasteiger partial charge in [0.15, 0.2) is 0 Å². The Kier molecular flexibility index (Phi) is 4.80. The molecule has 0 amide bonds. The average molecular weight is 296 g/mol. The Labute approximate surface area is 120 Å². The molecule has 0 saturated carbocycles. The normalized spacial score (nSPS) is 13.0. The summed E-state index contributed by atoms with van der Waals surface area (Å²) in [6.07, 6.45) is -1.31. The number of pyridine rings is 1. The van der Waals surface area contributed by atoms with E-state index >= 15 is 0 Å². The SMILES string of the molecule is NCC(COc1cccnc1)c1ccccc1C(F)(F)F. The molecule has 0 saturated heterocycles. The highest BCUT2D eigenvalue weighted by Gasteiger charge is 2.34. The number of benzene rings is 1. The Morgan fingerprint density at radius 3 is 2.52 bits per heavy atom. The van der Waals surface area contributed by atoms with Gasteiger partial charge in [0, 0.05) is 18.7 Å². The van der Waals surface area contributed by atoms with E-state index in [9.17, 15) is 13.2 Å². The molecule has 0 fully saturated rings. The van der Waals surface area contributed by atoms with Gasteiger partial charge < -0.3 is 10.5 Å². The highest BCUT2D eigenvalue weighted by molar-refractivity contribution is 5.33. The van der Waals surface area contributed by atoms with Crippen LogP contribution in [-0.4, -0.2) is 18.1 Å². The average Bonchev–Trinajstić information content (AvgIpc) is 2.48. The highest BCUT2D eigenvalue weighted by atomic mass is 19.4. The van der Waals surface area contributed by atoms with Gasteiger partial charge in [-0.2, -0.15) is 13.2 Å². The fraction of sp³-hybridized carbons (Fsp3) is 0.267. The third kappa shape index (κ3) is 3.95. The second-order valence-corrected chi connectivity index (χ2v) is 4.52. The Hall–Kier alpha value is -2.08. The van der Waals surface area contributed by atoms with E-state index < -0.39 is 17.7 Å². The molecule has 3 nitrogen and oxygen atoms in total. The number of rotatable bonds is 5. The zero-order valence-corrected chi connectivity index (χ0v) is 11.2. The molecule has 1 heterocycles. The molecular formula is C15H15F3N2O. The minimum atomic E-state index is -4.40. The summed E-state index contributed by atoms with van der Waals surface area (Å²) < 4.78 is 44.5. The molecule has 0 radical (unpaired) electrons. The zero-order chi connectivity index (χ0) is 15.3. The summed E-state index contributed by atoms with van der Waals surface area (Å²) in [5, 5.41) is 0. The summed E-state index contributed by atoms with van der Waals surface area (Å²) in [7, 11) is 0. The summed E-state index contributed by atoms with van der Waals surface area (Å²) in [4.78, 5) is 3.88. The van der Waals surface area contributed by atoms with Gasteiger partial charge in [0.05, 0.1) is 18.4 Å². The van der Waals surface area contributed by atoms with E-state index in [1.165, 1.54) is 18.3 Å². The van der Waals surface area contributed by atoms with Gasteiger partial charge in [-0.05, 0) is 23.8 Å². The second kappa shape index (κ2) is 6.58. The van der Waals surface area contributed by atoms with Crippen molar-refractivity contribution in [3.8, 4) is 5.75 Å². The molecule has 2 rings (SSSR count). The van der Waals surface area contributed by atoms with Crippen LogP contribution < -0.4 is 10.5 Å². The molecule has 1 aromatic heterocycles. The van der Waals surface area contributed by atoms with Gasteiger partial charge >= 0.3 is 6.18 Å². The summed E-state index contributed by atoms with van der Waals surface area (Å²) in [5.41, 5.74) is 5.10. The van der Waals surface area contributed by atoms with Crippen LogP contribution in [0.25, 0.3) is 0 Å². The Morgan fingerprint density at radius 1 is 1.14 bits per heavy atom. The van der Waals surface area contributed by atoms with E-state index in [1.807, 2.05) is 0 Å². The molecule has 0 aliphatic rings. The van der Waals surface area contributed by atoms with Crippen molar-refractivity contribution in [1.82, 2.24) is 4.98 Å². The van der Waals surface area contributed by atoms with Crippen LogP contribution in [0.4, 0.5) is 13.2 Å². The summed E-state index contributed by atoms with van der Waals surface area (Å²) in [6.45, 7) is 0.128. The number of hydrogen-bond donors (Lipinski definition) is 1. The maximum atomic E-state index is 13.0. The van der Waals surface area contributed by atoms with Gasteiger partial charge in [-0.25, -0.2) is 0 Å². The first kappa shape index (κ1) is 15.3. The number of nitrogens with zero attached hydrogens (tertiary/aromatic N) is 1. The standard InChI is InChI=1S/C15H15F3N2O/c16-15(17,18)14-6-2-1-5-13(14)11(8-19)10-21-12-4-3-7-20-9-12/h1-7,9,11H,8,10,19H2. The first-order chi connectivity index (χ1) is 10.0. The monoisotopic (exact) mass is 296 g/mol. The molecular weight excluding hydrogens is 281 g/mol. The predicted molar refractivity (Wildman–Crippen MR) is 73.0 cm³/mol. The van der Waals surface area contributed by atoms with Crippen molar-refractivity contribution in [3.63, 3.8) is 0 Å². The quantitative estimate of drug-likeness (QED) is 0.921. The van der Waals surface area contributed by atoms with Crippen molar-refractivity contribution in [2.24, 2.45) is 5.73 Å². The minimum absolute atomic E-state index is 0.0629. The summed E-state index contributed by atoms with van der Waals surface area (Å²) in [5.74, 6) is -0.0385. The van der Waals surface area contributed by atoms with Gasteiger partial charge in [-0.1, -0.05) is 18.2 Å². The second-order valence-electron chi connectivity index (χ2n) is 4.52. The van der Waals surface area contributed by atoms with Crippen molar-refractivity contribution < 1.29 is 17.9 Å². The van der Waals surface area contributed by atoms with Crippen LogP contribution in [0.2, 0.25) is 0 Å². The van der Waals surface area contributed by atoms with E-state index in [4.69, 9.17) is 10.5 Å². The fourth-order valence-corrected chi connectivity index (χ4v) is 2.03. The summed E-state index contributed by atoms with van der Waals surface area (Å²) in [6, 6.07) is 8.81. The first-order valence-corrected chi connectivity index (χ1v) is 6.41. The molecule has 1 unspecified atom stereocenters. The number of hydrogen-bond acceptors (Lipinski definition) is 3. The molecule has 1 aromatic carbocycles. The number of aromatic nitrogens is 1. The van der Waals surface area contributed by atoms with Crippen LogP contribution in [0.3, 0.4) is 0 Å². The van der Waals surface area contributed by atoms with Crippen LogP contribution in [0.1, 0.15) is 17.0 Å². The van der Waals surface area contributed by atoms with Crippen LogP contribution in [0.5, 0.6) is 5.75 Å². The van der Waals surface area contributed by atoms with Crippen molar-refractivity contribution >= 4 is 0 Å². The largest absolute Gasteiger partial charge is 0.491 e. The minimum Gasteiger partial charge on any atom is -0.491 e. The topological polar surface area (TPSA) is 48.1 Å². The van der Waals surface area contributed by atoms with Crippen molar-refractivity contribution in [2.45, 2.75) is 12.1 Å². The van der Waals surface area contributed by atoms with Crippen molar-refractivity contribution in [3.05, 3.63) is 59.9 Å². The van der Waals surface area contributed by atoms with Gasteiger partial charge in [0.1, 0.15) is 5.75 Å². The molecule has 1 atom stereocenters. The lowest BCUT2D eigenvalue weighted by molar-refractivity contribution is -0.138. The molecule has 21 heavy (non-hydrogen) atoms. The van der Waals surface area contributed by atoms with Gasteiger partial charge in [0.2, 0.25) is 0 Å². The molecule has 2 aromatic rings. The molecule has 0 spiro atoms. The van der Waals surface area contributed by atoms with Crippen LogP contribution in [0, 0.1) is 0 Å². The van der Waals surface area contributed by atoms with E-state index in [0.29, 0.717) is 5.75 Å². The smallest absolute Gasteiger partial charge is 0.416 e. The molecule has 0 bridgehead atoms. The van der Waals surface area contributed by atoms with Crippen molar-refractivity contribution in [2.75, 3.05) is 13.2 Å². The Morgan fingerprint density at radius 2 is 1.90 bits per heavy atom. The predicted octanol–water partition coefficient (Wildman–Crippen LogP) is 3.22. The molecule has 2 N–H and O–H groups in total. The lowest BCUT2D eigenvalue weighted by atomic mass is 9.94. The maximum Gasteiger partial charge on any atom is 0.416 e. The molecule has 6 heteroatoms. The molecule has 0 aliphatic heterocycles. The Bertz CT molecular complexity index is 573. The first-order valence-electron chi connectivity index (χ1n) is 6.41. The third-order valence-electron chi connectivity index (χ3n) is 3.08. The van der Waals surface area contributed by atoms with Crippen LogP contribution in [0.15, 0.2) is 48.8 Å². The highest BCUT2D eigenvalue weighted by Crippen LogP contribution is 2.35. The Balaban J connectivity index is 2.18. The maximum absolute atomic E-state index is 13.0. The number of halogens is 3. The molecule has 112 valence electrons. The van der Waals surface area contributed by atoms with Gasteiger partial charge in [0.25, 0.3) is 0 Å². The van der Waals surface area contributed by atoms with Gasteiger partial charge in [-0.15, -0.1) is 0 Å². The third-order valence-corrected chi connectivity index (χ3v) is 3.08. The van der Waals surface area contributed by atoms with E-state index in [1.54, 1.807) is 24.4 Å². The lowest BCUT2D eigenvalue weighted by Crippen LogP contribution is -2.23. The van der Waals surface area contributed by atoms with Crippen molar-refractivity contribution in [1.29, 1.82) is 0 Å².